The zero-order valence-corrected chi connectivity index (χ0v) is 14.5. The number of nitrogens with one attached hydrogen (secondary N) is 1. The summed E-state index contributed by atoms with van der Waals surface area (Å²) >= 11 is 1.46. The highest BCUT2D eigenvalue weighted by atomic mass is 32.1. The van der Waals surface area contributed by atoms with E-state index in [0.29, 0.717) is 33.6 Å². The number of thiophene rings is 1. The largest absolute Gasteiger partial charge is 0.487 e. The van der Waals surface area contributed by atoms with Gasteiger partial charge >= 0.3 is 0 Å². The van der Waals surface area contributed by atoms with E-state index >= 15 is 0 Å². The number of aromatic nitrogens is 2. The van der Waals surface area contributed by atoms with E-state index in [4.69, 9.17) is 4.74 Å². The molecule has 0 spiro atoms. The molecule has 4 aromatic rings. The highest BCUT2D eigenvalue weighted by Gasteiger charge is 2.32. The molecule has 2 aromatic heterocycles. The normalized spacial score (nSPS) is 13.0. The monoisotopic (exact) mass is 360 g/mol. The smallest absolute Gasteiger partial charge is 0.196 e. The van der Waals surface area contributed by atoms with Crippen LogP contribution >= 0.6 is 11.3 Å². The van der Waals surface area contributed by atoms with Crippen LogP contribution in [0.3, 0.4) is 0 Å². The molecule has 1 aliphatic rings. The summed E-state index contributed by atoms with van der Waals surface area (Å²) in [5, 5.41) is 0.780. The van der Waals surface area contributed by atoms with Gasteiger partial charge in [-0.05, 0) is 24.3 Å². The number of carbonyl (C=O) groups excluding carboxylic acids is 2. The van der Waals surface area contributed by atoms with Gasteiger partial charge in [0.2, 0.25) is 0 Å². The minimum Gasteiger partial charge on any atom is -0.487 e. The van der Waals surface area contributed by atoms with Gasteiger partial charge in [0, 0.05) is 16.7 Å². The Kier molecular flexibility index (Phi) is 3.11. The molecule has 1 aliphatic carbocycles. The highest BCUT2D eigenvalue weighted by Crippen LogP contribution is 2.35. The molecule has 1 N–H and O–H groups in total. The SMILES string of the molecule is COc1ccc(-c2nc3c4c(ccc3[nH]2)C(=O)c2ccccc2C4=O)s1. The lowest BCUT2D eigenvalue weighted by atomic mass is 9.83. The third-order valence-electron chi connectivity index (χ3n) is 4.56. The van der Waals surface area contributed by atoms with Crippen molar-refractivity contribution in [3.8, 4) is 15.8 Å². The lowest BCUT2D eigenvalue weighted by molar-refractivity contribution is 0.0980. The quantitative estimate of drug-likeness (QED) is 0.515. The fourth-order valence-corrected chi connectivity index (χ4v) is 4.09. The Hall–Kier alpha value is -3.25. The van der Waals surface area contributed by atoms with Gasteiger partial charge in [0.05, 0.1) is 23.1 Å². The van der Waals surface area contributed by atoms with E-state index in [1.807, 2.05) is 12.1 Å². The summed E-state index contributed by atoms with van der Waals surface area (Å²) in [4.78, 5) is 34.6. The van der Waals surface area contributed by atoms with Crippen molar-refractivity contribution < 1.29 is 14.3 Å². The number of aromatic amines is 1. The van der Waals surface area contributed by atoms with Crippen LogP contribution in [0.15, 0.2) is 48.5 Å². The van der Waals surface area contributed by atoms with Gasteiger partial charge in [-0.1, -0.05) is 35.6 Å². The van der Waals surface area contributed by atoms with Gasteiger partial charge in [-0.15, -0.1) is 0 Å². The molecule has 6 heteroatoms. The van der Waals surface area contributed by atoms with E-state index in [1.165, 1.54) is 11.3 Å². The first-order chi connectivity index (χ1) is 12.7. The molecule has 0 fully saturated rings. The Labute approximate surface area is 152 Å². The summed E-state index contributed by atoms with van der Waals surface area (Å²) in [7, 11) is 1.62. The third kappa shape index (κ3) is 1.99. The predicted molar refractivity (Wildman–Crippen MR) is 99.3 cm³/mol. The second-order valence-electron chi connectivity index (χ2n) is 6.00. The van der Waals surface area contributed by atoms with Crippen molar-refractivity contribution in [2.75, 3.05) is 7.11 Å². The Morgan fingerprint density at radius 1 is 0.923 bits per heavy atom. The van der Waals surface area contributed by atoms with Crippen LogP contribution in [0, 0.1) is 0 Å². The van der Waals surface area contributed by atoms with Gasteiger partial charge in [-0.2, -0.15) is 0 Å². The second kappa shape index (κ2) is 5.37. The van der Waals surface area contributed by atoms with Crippen LogP contribution in [-0.4, -0.2) is 28.6 Å². The summed E-state index contributed by atoms with van der Waals surface area (Å²) in [5.41, 5.74) is 2.91. The Morgan fingerprint density at radius 3 is 2.42 bits per heavy atom. The number of rotatable bonds is 2. The number of hydrogen-bond acceptors (Lipinski definition) is 5. The molecular formula is C20H12N2O3S. The maximum atomic E-state index is 13.0. The van der Waals surface area contributed by atoms with E-state index in [1.54, 1.807) is 43.5 Å². The van der Waals surface area contributed by atoms with Crippen LogP contribution in [0.25, 0.3) is 21.7 Å². The number of ether oxygens (including phenoxy) is 1. The van der Waals surface area contributed by atoms with Crippen LogP contribution in [0.1, 0.15) is 31.8 Å². The van der Waals surface area contributed by atoms with Crippen molar-refractivity contribution in [3.63, 3.8) is 0 Å². The maximum absolute atomic E-state index is 13.0. The molecule has 0 radical (unpaired) electrons. The van der Waals surface area contributed by atoms with Crippen LogP contribution in [0.5, 0.6) is 5.06 Å². The number of ketones is 2. The molecule has 26 heavy (non-hydrogen) atoms. The molecule has 0 atom stereocenters. The van der Waals surface area contributed by atoms with Gasteiger partial charge in [-0.25, -0.2) is 4.98 Å². The fraction of sp³-hybridized carbons (Fsp3) is 0.0500. The fourth-order valence-electron chi connectivity index (χ4n) is 3.33. The number of imidazole rings is 1. The molecule has 0 unspecified atom stereocenters. The standard InChI is InChI=1S/C20H12N2O3S/c1-25-15-9-8-14(26-15)20-21-13-7-6-12-16(17(13)22-20)19(24)11-5-3-2-4-10(11)18(12)23/h2-9H,1H3,(H,21,22). The molecule has 0 amide bonds. The van der Waals surface area contributed by atoms with Crippen LogP contribution < -0.4 is 4.74 Å². The molecule has 126 valence electrons. The number of benzene rings is 2. The van der Waals surface area contributed by atoms with Crippen LogP contribution in [0.4, 0.5) is 0 Å². The number of hydrogen-bond donors (Lipinski definition) is 1. The minimum atomic E-state index is -0.164. The van der Waals surface area contributed by atoms with Crippen molar-refractivity contribution >= 4 is 33.9 Å². The van der Waals surface area contributed by atoms with Gasteiger partial charge in [0.15, 0.2) is 16.6 Å². The van der Waals surface area contributed by atoms with Crippen molar-refractivity contribution in [1.29, 1.82) is 0 Å². The lowest BCUT2D eigenvalue weighted by Gasteiger charge is -2.17. The Bertz CT molecular complexity index is 1220. The van der Waals surface area contributed by atoms with Gasteiger partial charge < -0.3 is 9.72 Å². The average molecular weight is 360 g/mol. The number of carbonyl (C=O) groups is 2. The molecule has 2 aromatic carbocycles. The first-order valence-corrected chi connectivity index (χ1v) is 8.84. The molecular weight excluding hydrogens is 348 g/mol. The molecule has 5 rings (SSSR count). The summed E-state index contributed by atoms with van der Waals surface area (Å²) in [6, 6.07) is 14.2. The zero-order valence-electron chi connectivity index (χ0n) is 13.7. The first kappa shape index (κ1) is 15.0. The molecule has 0 aliphatic heterocycles. The molecule has 0 saturated heterocycles. The Morgan fingerprint density at radius 2 is 1.69 bits per heavy atom. The summed E-state index contributed by atoms with van der Waals surface area (Å²) in [6.07, 6.45) is 0. The summed E-state index contributed by atoms with van der Waals surface area (Å²) in [6.45, 7) is 0. The number of fused-ring (bicyclic) bond motifs is 4. The number of methoxy groups -OCH3 is 1. The number of nitrogens with zero attached hydrogens (tertiary/aromatic N) is 1. The Balaban J connectivity index is 1.74. The van der Waals surface area contributed by atoms with Gasteiger partial charge in [-0.3, -0.25) is 9.59 Å². The number of H-pyrrole nitrogens is 1. The van der Waals surface area contributed by atoms with Gasteiger partial charge in [0.1, 0.15) is 11.3 Å². The van der Waals surface area contributed by atoms with Crippen LogP contribution in [0.2, 0.25) is 0 Å². The minimum absolute atomic E-state index is 0.139. The van der Waals surface area contributed by atoms with Crippen molar-refractivity contribution in [2.45, 2.75) is 0 Å². The predicted octanol–water partition coefficient (Wildman–Crippen LogP) is 4.08. The summed E-state index contributed by atoms with van der Waals surface area (Å²) in [5.74, 6) is 0.350. The van der Waals surface area contributed by atoms with Gasteiger partial charge in [0.25, 0.3) is 0 Å². The molecule has 0 bridgehead atoms. The van der Waals surface area contributed by atoms with Crippen molar-refractivity contribution in [3.05, 3.63) is 70.8 Å². The second-order valence-corrected chi connectivity index (χ2v) is 7.04. The van der Waals surface area contributed by atoms with Crippen molar-refractivity contribution in [2.24, 2.45) is 0 Å². The maximum Gasteiger partial charge on any atom is 0.196 e. The van der Waals surface area contributed by atoms with E-state index in [9.17, 15) is 9.59 Å². The van der Waals surface area contributed by atoms with E-state index in [0.717, 1.165) is 15.5 Å². The summed E-state index contributed by atoms with van der Waals surface area (Å²) < 4.78 is 5.23. The zero-order chi connectivity index (χ0) is 17.8. The van der Waals surface area contributed by atoms with E-state index < -0.39 is 0 Å². The molecule has 5 nitrogen and oxygen atoms in total. The molecule has 2 heterocycles. The van der Waals surface area contributed by atoms with Crippen LogP contribution in [-0.2, 0) is 0 Å². The van der Waals surface area contributed by atoms with E-state index in [2.05, 4.69) is 9.97 Å². The first-order valence-electron chi connectivity index (χ1n) is 8.02. The highest BCUT2D eigenvalue weighted by molar-refractivity contribution is 7.17. The molecule has 0 saturated carbocycles. The topological polar surface area (TPSA) is 72.0 Å². The lowest BCUT2D eigenvalue weighted by Crippen LogP contribution is -2.21. The average Bonchev–Trinajstić information content (AvgIpc) is 3.31. The van der Waals surface area contributed by atoms with Crippen molar-refractivity contribution in [1.82, 2.24) is 9.97 Å². The third-order valence-corrected chi connectivity index (χ3v) is 5.61. The van der Waals surface area contributed by atoms with E-state index in [-0.39, 0.29) is 11.6 Å².